The first-order chi connectivity index (χ1) is 16.2. The van der Waals surface area contributed by atoms with E-state index in [4.69, 9.17) is 9.84 Å². The maximum atomic E-state index is 13.2. The fourth-order valence-corrected chi connectivity index (χ4v) is 4.65. The minimum absolute atomic E-state index is 0.141. The van der Waals surface area contributed by atoms with Crippen molar-refractivity contribution in [2.75, 3.05) is 14.2 Å². The van der Waals surface area contributed by atoms with Crippen molar-refractivity contribution in [2.24, 2.45) is 0 Å². The first-order valence-electron chi connectivity index (χ1n) is 11.1. The predicted molar refractivity (Wildman–Crippen MR) is 127 cm³/mol. The smallest absolute Gasteiger partial charge is 0.318 e. The molecule has 2 amide bonds. The van der Waals surface area contributed by atoms with Crippen molar-refractivity contribution in [2.45, 2.75) is 25.9 Å². The molecular weight excluding hydrogens is 414 g/mol. The average Bonchev–Trinajstić information content (AvgIpc) is 3.45. The molecule has 0 unspecified atom stereocenters. The summed E-state index contributed by atoms with van der Waals surface area (Å²) in [6.07, 6.45) is 2.82. The average molecular weight is 442 g/mol. The Morgan fingerprint density at radius 2 is 1.94 bits per heavy atom. The highest BCUT2D eigenvalue weighted by molar-refractivity contribution is 5.75. The van der Waals surface area contributed by atoms with Crippen LogP contribution in [-0.4, -0.2) is 39.4 Å². The van der Waals surface area contributed by atoms with Crippen LogP contribution in [0.25, 0.3) is 11.5 Å². The van der Waals surface area contributed by atoms with Crippen LogP contribution in [0.1, 0.15) is 35.5 Å². The number of methoxy groups -OCH3 is 1. The predicted octanol–water partition coefficient (Wildman–Crippen LogP) is 4.48. The van der Waals surface area contributed by atoms with Crippen LogP contribution in [0.15, 0.2) is 72.9 Å². The van der Waals surface area contributed by atoms with Gasteiger partial charge in [0.2, 0.25) is 0 Å². The normalized spacial score (nSPS) is 14.9. The van der Waals surface area contributed by atoms with E-state index in [2.05, 4.69) is 41.2 Å². The molecule has 0 saturated carbocycles. The zero-order valence-corrected chi connectivity index (χ0v) is 19.0. The molecule has 0 bridgehead atoms. The molecule has 7 nitrogen and oxygen atoms in total. The molecule has 0 saturated heterocycles. The summed E-state index contributed by atoms with van der Waals surface area (Å²) in [7, 11) is 3.33. The van der Waals surface area contributed by atoms with Crippen molar-refractivity contribution in [3.8, 4) is 17.3 Å². The Hall–Kier alpha value is -4.00. The van der Waals surface area contributed by atoms with Crippen LogP contribution in [0, 0.1) is 0 Å². The van der Waals surface area contributed by atoms with Gasteiger partial charge in [0.05, 0.1) is 36.8 Å². The molecule has 5 rings (SSSR count). The molecule has 1 atom stereocenters. The number of fused-ring (bicyclic) bond motifs is 3. The lowest BCUT2D eigenvalue weighted by molar-refractivity contribution is 0.182. The van der Waals surface area contributed by atoms with E-state index in [1.807, 2.05) is 58.1 Å². The van der Waals surface area contributed by atoms with Crippen molar-refractivity contribution < 1.29 is 9.53 Å². The third-order valence-electron chi connectivity index (χ3n) is 6.19. The van der Waals surface area contributed by atoms with Crippen LogP contribution in [0.4, 0.5) is 4.79 Å². The number of para-hydroxylation sites is 1. The number of nitrogens with one attached hydrogen (secondary N) is 1. The number of aromatic nitrogens is 3. The molecular formula is C26H27N5O2. The van der Waals surface area contributed by atoms with Gasteiger partial charge in [-0.3, -0.25) is 0 Å². The first-order valence-corrected chi connectivity index (χ1v) is 11.1. The Morgan fingerprint density at radius 3 is 2.67 bits per heavy atom. The van der Waals surface area contributed by atoms with Gasteiger partial charge in [-0.25, -0.2) is 9.48 Å². The zero-order chi connectivity index (χ0) is 22.9. The molecule has 0 fully saturated rings. The van der Waals surface area contributed by atoms with E-state index >= 15 is 0 Å². The van der Waals surface area contributed by atoms with E-state index in [1.54, 1.807) is 14.2 Å². The number of hydrogen-bond donors (Lipinski definition) is 1. The number of carbonyl (C=O) groups excluding carboxylic acids is 1. The highest BCUT2D eigenvalue weighted by Crippen LogP contribution is 2.39. The third-order valence-corrected chi connectivity index (χ3v) is 6.19. The van der Waals surface area contributed by atoms with Crippen LogP contribution >= 0.6 is 0 Å². The minimum Gasteiger partial charge on any atom is -0.497 e. The van der Waals surface area contributed by atoms with Gasteiger partial charge in [0.1, 0.15) is 11.6 Å². The van der Waals surface area contributed by atoms with Gasteiger partial charge in [0, 0.05) is 18.8 Å². The molecule has 2 aromatic heterocycles. The van der Waals surface area contributed by atoms with E-state index in [0.717, 1.165) is 46.2 Å². The molecule has 1 aliphatic rings. The summed E-state index contributed by atoms with van der Waals surface area (Å²) in [6, 6.07) is 21.7. The van der Waals surface area contributed by atoms with Gasteiger partial charge >= 0.3 is 6.03 Å². The van der Waals surface area contributed by atoms with Crippen molar-refractivity contribution in [1.82, 2.24) is 24.6 Å². The van der Waals surface area contributed by atoms with Crippen molar-refractivity contribution in [1.29, 1.82) is 0 Å². The summed E-state index contributed by atoms with van der Waals surface area (Å²) in [5, 5.41) is 7.80. The number of benzene rings is 2. The topological polar surface area (TPSA) is 64.3 Å². The molecule has 7 heteroatoms. The number of amides is 2. The monoisotopic (exact) mass is 441 g/mol. The second-order valence-electron chi connectivity index (χ2n) is 8.02. The summed E-state index contributed by atoms with van der Waals surface area (Å²) in [5.41, 5.74) is 4.99. The molecule has 3 heterocycles. The maximum Gasteiger partial charge on any atom is 0.318 e. The summed E-state index contributed by atoms with van der Waals surface area (Å²) in [4.78, 5) is 15.1. The lowest BCUT2D eigenvalue weighted by Gasteiger charge is -2.30. The Labute approximate surface area is 193 Å². The second kappa shape index (κ2) is 8.50. The second-order valence-corrected chi connectivity index (χ2v) is 8.02. The number of hydrogen-bond acceptors (Lipinski definition) is 3. The first kappa shape index (κ1) is 20.9. The lowest BCUT2D eigenvalue weighted by atomic mass is 10.0. The maximum absolute atomic E-state index is 13.2. The number of ether oxygens (including phenoxy) is 1. The van der Waals surface area contributed by atoms with Gasteiger partial charge in [-0.1, -0.05) is 37.3 Å². The quantitative estimate of drug-likeness (QED) is 0.508. The molecule has 1 aliphatic heterocycles. The van der Waals surface area contributed by atoms with Crippen molar-refractivity contribution in [3.05, 3.63) is 95.4 Å². The van der Waals surface area contributed by atoms with Crippen LogP contribution < -0.4 is 10.1 Å². The summed E-state index contributed by atoms with van der Waals surface area (Å²) in [6.45, 7) is 2.54. The van der Waals surface area contributed by atoms with E-state index in [1.165, 1.54) is 0 Å². The van der Waals surface area contributed by atoms with Crippen LogP contribution in [0.2, 0.25) is 0 Å². The molecule has 168 valence electrons. The van der Waals surface area contributed by atoms with Crippen molar-refractivity contribution >= 4 is 6.03 Å². The lowest BCUT2D eigenvalue weighted by Crippen LogP contribution is -2.40. The summed E-state index contributed by atoms with van der Waals surface area (Å²) in [5.74, 6) is 1.73. The van der Waals surface area contributed by atoms with E-state index in [9.17, 15) is 4.79 Å². The third kappa shape index (κ3) is 3.46. The molecule has 2 aromatic carbocycles. The molecule has 0 radical (unpaired) electrons. The van der Waals surface area contributed by atoms with E-state index < -0.39 is 0 Å². The zero-order valence-electron chi connectivity index (χ0n) is 19.0. The van der Waals surface area contributed by atoms with Gasteiger partial charge in [0.25, 0.3) is 0 Å². The van der Waals surface area contributed by atoms with Crippen LogP contribution in [-0.2, 0) is 13.0 Å². The van der Waals surface area contributed by atoms with Gasteiger partial charge in [-0.05, 0) is 48.4 Å². The van der Waals surface area contributed by atoms with Gasteiger partial charge < -0.3 is 19.5 Å². The fraction of sp³-hybridized carbons (Fsp3) is 0.231. The molecule has 33 heavy (non-hydrogen) atoms. The van der Waals surface area contributed by atoms with Crippen LogP contribution in [0.3, 0.4) is 0 Å². The SMILES string of the molecule is CCc1nn(-c2ccccc2)c2c1CN(C(=O)NC)[C@H](c1cccc(OC)c1)c1cccn1-2. The Bertz CT molecular complexity index is 1290. The number of nitrogens with zero attached hydrogens (tertiary/aromatic N) is 4. The van der Waals surface area contributed by atoms with Gasteiger partial charge in [0.15, 0.2) is 0 Å². The highest BCUT2D eigenvalue weighted by atomic mass is 16.5. The molecule has 0 aliphatic carbocycles. The Morgan fingerprint density at radius 1 is 1.12 bits per heavy atom. The Balaban J connectivity index is 1.78. The summed E-state index contributed by atoms with van der Waals surface area (Å²) >= 11 is 0. The van der Waals surface area contributed by atoms with Gasteiger partial charge in [-0.15, -0.1) is 0 Å². The number of rotatable bonds is 4. The van der Waals surface area contributed by atoms with Crippen molar-refractivity contribution in [3.63, 3.8) is 0 Å². The summed E-state index contributed by atoms with van der Waals surface area (Å²) < 4.78 is 9.65. The van der Waals surface area contributed by atoms with Crippen LogP contribution in [0.5, 0.6) is 5.75 Å². The minimum atomic E-state index is -0.295. The Kier molecular flexibility index (Phi) is 5.38. The molecule has 4 aromatic rings. The molecule has 0 spiro atoms. The number of aryl methyl sites for hydroxylation is 1. The molecule has 1 N–H and O–H groups in total. The van der Waals surface area contributed by atoms with E-state index in [-0.39, 0.29) is 12.1 Å². The number of urea groups is 1. The number of carbonyl (C=O) groups is 1. The largest absolute Gasteiger partial charge is 0.497 e. The fourth-order valence-electron chi connectivity index (χ4n) is 4.65. The van der Waals surface area contributed by atoms with Gasteiger partial charge in [-0.2, -0.15) is 5.10 Å². The highest BCUT2D eigenvalue weighted by Gasteiger charge is 2.36. The van der Waals surface area contributed by atoms with E-state index in [0.29, 0.717) is 6.54 Å². The standard InChI is InChI=1S/C26H27N5O2/c1-4-22-21-17-30(26(32)27-2)24(18-10-8-13-20(16-18)33-3)23-14-9-15-29(23)25(21)31(28-22)19-11-6-5-7-12-19/h5-16,24H,4,17H2,1-3H3,(H,27,32)/t24-/m1/s1.